The van der Waals surface area contributed by atoms with Crippen molar-refractivity contribution in [1.82, 2.24) is 9.13 Å². The van der Waals surface area contributed by atoms with Gasteiger partial charge in [-0.15, -0.1) is 0 Å². The lowest BCUT2D eigenvalue weighted by molar-refractivity contribution is -0.142. The van der Waals surface area contributed by atoms with Crippen LogP contribution in [0.2, 0.25) is 0 Å². The van der Waals surface area contributed by atoms with E-state index in [1.807, 2.05) is 24.3 Å². The first-order chi connectivity index (χ1) is 32.1. The number of benzene rings is 9. The largest absolute Gasteiger partial charge is 0.455 e. The van der Waals surface area contributed by atoms with E-state index in [1.54, 1.807) is 150 Å². The van der Waals surface area contributed by atoms with Gasteiger partial charge in [-0.25, -0.2) is 0 Å². The van der Waals surface area contributed by atoms with Crippen LogP contribution >= 0.6 is 0 Å². The molecule has 0 unspecified atom stereocenters. The molecule has 0 aliphatic carbocycles. The maximum Gasteiger partial charge on any atom is 0.419 e. The van der Waals surface area contributed by atoms with E-state index in [1.165, 1.54) is 12.1 Å². The Bertz CT molecular complexity index is 3900. The van der Waals surface area contributed by atoms with Gasteiger partial charge in [-0.2, -0.15) is 26.3 Å². The van der Waals surface area contributed by atoms with E-state index in [9.17, 15) is 0 Å². The molecule has 4 heterocycles. The Labute approximate surface area is 369 Å². The minimum atomic E-state index is -5.41. The van der Waals surface area contributed by atoms with E-state index in [0.717, 1.165) is 4.57 Å². The highest BCUT2D eigenvalue weighted by atomic mass is 19.4. The van der Waals surface area contributed by atoms with Crippen LogP contribution in [0.3, 0.4) is 0 Å². The molecule has 0 spiro atoms. The maximum absolute atomic E-state index is 17.3. The highest BCUT2D eigenvalue weighted by Crippen LogP contribution is 2.58. The lowest BCUT2D eigenvalue weighted by atomic mass is 9.84. The van der Waals surface area contributed by atoms with E-state index in [0.29, 0.717) is 65.3 Å². The Balaban J connectivity index is 1.40. The van der Waals surface area contributed by atoms with Crippen LogP contribution in [-0.4, -0.2) is 9.13 Å². The number of halogens is 6. The summed E-state index contributed by atoms with van der Waals surface area (Å²) >= 11 is 0. The van der Waals surface area contributed by atoms with Crippen molar-refractivity contribution in [2.24, 2.45) is 0 Å². The molecule has 0 saturated heterocycles. The quantitative estimate of drug-likeness (QED) is 0.165. The van der Waals surface area contributed by atoms with Crippen LogP contribution in [-0.2, 0) is 12.4 Å². The molecule has 0 bridgehead atoms. The second-order valence-electron chi connectivity index (χ2n) is 16.5. The van der Waals surface area contributed by atoms with Gasteiger partial charge in [0.2, 0.25) is 0 Å². The van der Waals surface area contributed by atoms with E-state index in [2.05, 4.69) is 0 Å². The highest BCUT2D eigenvalue weighted by molar-refractivity contribution is 6.18. The van der Waals surface area contributed by atoms with Gasteiger partial charge in [0.25, 0.3) is 0 Å². The number of fused-ring (bicyclic) bond motifs is 12. The summed E-state index contributed by atoms with van der Waals surface area (Å²) in [5.41, 5.74) is -3.29. The fourth-order valence-corrected chi connectivity index (χ4v) is 10.5. The Morgan fingerprint density at radius 2 is 0.606 bits per heavy atom. The number of nitrogens with zero attached hydrogens (tertiary/aromatic N) is 2. The second kappa shape index (κ2) is 13.6. The topological polar surface area (TPSA) is 36.1 Å². The van der Waals surface area contributed by atoms with Crippen LogP contribution in [0.25, 0.3) is 121 Å². The average Bonchev–Trinajstić information content (AvgIpc) is 4.08. The molecular formula is C56H30F6N2O2. The minimum absolute atomic E-state index is 0.0401. The van der Waals surface area contributed by atoms with E-state index >= 15 is 26.3 Å². The fourth-order valence-electron chi connectivity index (χ4n) is 10.5. The van der Waals surface area contributed by atoms with Crippen molar-refractivity contribution in [2.75, 3.05) is 0 Å². The zero-order valence-electron chi connectivity index (χ0n) is 34.3. The van der Waals surface area contributed by atoms with Crippen molar-refractivity contribution in [3.8, 4) is 33.6 Å². The van der Waals surface area contributed by atoms with E-state index in [4.69, 9.17) is 8.83 Å². The number of alkyl halides is 6. The van der Waals surface area contributed by atoms with Gasteiger partial charge < -0.3 is 18.0 Å². The van der Waals surface area contributed by atoms with Crippen molar-refractivity contribution in [3.05, 3.63) is 193 Å². The molecule has 9 aromatic carbocycles. The Hall–Kier alpha value is -8.24. The van der Waals surface area contributed by atoms with Gasteiger partial charge >= 0.3 is 12.4 Å². The lowest BCUT2D eigenvalue weighted by Crippen LogP contribution is -2.23. The number of hydrogen-bond acceptors (Lipinski definition) is 2. The number of aromatic nitrogens is 2. The van der Waals surface area contributed by atoms with Gasteiger partial charge in [0, 0.05) is 65.3 Å². The molecule has 66 heavy (non-hydrogen) atoms. The summed E-state index contributed by atoms with van der Waals surface area (Å²) in [4.78, 5) is 0. The Morgan fingerprint density at radius 1 is 0.303 bits per heavy atom. The smallest absolute Gasteiger partial charge is 0.419 e. The summed E-state index contributed by atoms with van der Waals surface area (Å²) in [6, 6.07) is 51.5. The number of furan rings is 2. The zero-order chi connectivity index (χ0) is 44.6. The molecule has 0 atom stereocenters. The Kier molecular flexibility index (Phi) is 7.90. The lowest BCUT2D eigenvalue weighted by Gasteiger charge is -2.31. The van der Waals surface area contributed by atoms with Crippen molar-refractivity contribution in [3.63, 3.8) is 0 Å². The summed E-state index contributed by atoms with van der Waals surface area (Å²) in [7, 11) is 0. The fraction of sp³-hybridized carbons (Fsp3) is 0.0357. The molecule has 0 fully saturated rings. The molecule has 0 radical (unpaired) electrons. The van der Waals surface area contributed by atoms with Gasteiger partial charge in [0.05, 0.1) is 44.6 Å². The molecule has 0 amide bonds. The van der Waals surface area contributed by atoms with Crippen molar-refractivity contribution in [2.45, 2.75) is 12.4 Å². The molecule has 10 heteroatoms. The Morgan fingerprint density at radius 3 is 0.970 bits per heavy atom. The molecular weight excluding hydrogens is 847 g/mol. The summed E-state index contributed by atoms with van der Waals surface area (Å²) in [5.74, 6) is 0. The van der Waals surface area contributed by atoms with Gasteiger partial charge in [0.15, 0.2) is 0 Å². The molecule has 13 rings (SSSR count). The van der Waals surface area contributed by atoms with Gasteiger partial charge in [-0.3, -0.25) is 0 Å². The van der Waals surface area contributed by atoms with Crippen LogP contribution in [0.5, 0.6) is 0 Å². The zero-order valence-corrected chi connectivity index (χ0v) is 34.3. The van der Waals surface area contributed by atoms with Crippen LogP contribution in [0.15, 0.2) is 191 Å². The molecule has 0 aliphatic rings. The van der Waals surface area contributed by atoms with Crippen molar-refractivity contribution in [1.29, 1.82) is 0 Å². The molecule has 4 nitrogen and oxygen atoms in total. The van der Waals surface area contributed by atoms with Crippen molar-refractivity contribution < 1.29 is 35.2 Å². The normalized spacial score (nSPS) is 12.7. The molecule has 13 aromatic rings. The monoisotopic (exact) mass is 876 g/mol. The number of rotatable bonds is 4. The minimum Gasteiger partial charge on any atom is -0.455 e. The first kappa shape index (κ1) is 38.2. The second-order valence-corrected chi connectivity index (χ2v) is 16.5. The van der Waals surface area contributed by atoms with Gasteiger partial charge in [-0.1, -0.05) is 146 Å². The highest BCUT2D eigenvalue weighted by Gasteiger charge is 2.49. The van der Waals surface area contributed by atoms with Gasteiger partial charge in [-0.05, 0) is 36.4 Å². The van der Waals surface area contributed by atoms with Crippen LogP contribution in [0.1, 0.15) is 11.1 Å². The standard InChI is InChI=1S/C56H30F6N2O2/c57-55(58,59)49-47(39-23-13-21-37-35-19-5-11-29-45(35)65-53(37)39)51(63-41-25-7-1-15-31(41)32-16-2-8-26-42(32)63)48(40-24-14-22-38-36-20-6-12-30-46(36)66-54(38)40)50(56(60,61)62)52(49)64-43-27-9-3-17-33(43)34-18-4-10-28-44(34)64/h1-30H. The summed E-state index contributed by atoms with van der Waals surface area (Å²) < 4.78 is 120. The maximum atomic E-state index is 17.3. The SMILES string of the molecule is FC(F)(F)c1c(-c2cccc3c2oc2ccccc23)c(-n2c3ccccc3c3ccccc32)c(-c2cccc3c2oc2ccccc23)c(C(F)(F)F)c1-n1c2ccccc2c2ccccc21. The van der Waals surface area contributed by atoms with Gasteiger partial charge in [0.1, 0.15) is 22.3 Å². The molecule has 0 N–H and O–H groups in total. The third kappa shape index (κ3) is 5.29. The summed E-state index contributed by atoms with van der Waals surface area (Å²) in [6.07, 6.45) is -10.8. The molecule has 318 valence electrons. The van der Waals surface area contributed by atoms with E-state index in [-0.39, 0.29) is 39.0 Å². The summed E-state index contributed by atoms with van der Waals surface area (Å²) in [6.45, 7) is 0. The van der Waals surface area contributed by atoms with Crippen LogP contribution in [0.4, 0.5) is 26.3 Å². The third-order valence-corrected chi connectivity index (χ3v) is 13.0. The number of hydrogen-bond donors (Lipinski definition) is 0. The predicted octanol–water partition coefficient (Wildman–Crippen LogP) is 17.1. The first-order valence-corrected chi connectivity index (χ1v) is 21.2. The number of para-hydroxylation sites is 8. The van der Waals surface area contributed by atoms with Crippen LogP contribution in [0, 0.1) is 0 Å². The van der Waals surface area contributed by atoms with Crippen molar-refractivity contribution >= 4 is 87.5 Å². The molecule has 0 saturated carbocycles. The third-order valence-electron chi connectivity index (χ3n) is 13.0. The molecule has 0 aliphatic heterocycles. The predicted molar refractivity (Wildman–Crippen MR) is 251 cm³/mol. The summed E-state index contributed by atoms with van der Waals surface area (Å²) in [5, 5.41) is 4.55. The van der Waals surface area contributed by atoms with E-state index < -0.39 is 40.3 Å². The molecule has 4 aromatic heterocycles. The van der Waals surface area contributed by atoms with Crippen LogP contribution < -0.4 is 0 Å². The average molecular weight is 877 g/mol. The first-order valence-electron chi connectivity index (χ1n) is 21.2.